The Morgan fingerprint density at radius 1 is 1.00 bits per heavy atom. The number of benzene rings is 1. The lowest BCUT2D eigenvalue weighted by atomic mass is 9.87. The van der Waals surface area contributed by atoms with Crippen LogP contribution in [0.1, 0.15) is 31.9 Å². The molecule has 0 aliphatic rings. The molecule has 0 saturated carbocycles. The molecule has 0 atom stereocenters. The molecule has 0 saturated heterocycles. The molecule has 1 aromatic carbocycles. The second-order valence-corrected chi connectivity index (χ2v) is 6.19. The SMILES string of the molecule is CC(C)(C)C(=O)C(C#N)=CNc1cc(C(F)(F)F)cc(C(F)(F)F)c1. The minimum absolute atomic E-state index is 0.0135. The predicted octanol–water partition coefficient (Wildman–Crippen LogP) is 5.16. The Labute approximate surface area is 139 Å². The fraction of sp³-hybridized carbons (Fsp3) is 0.375. The first-order valence-electron chi connectivity index (χ1n) is 6.87. The van der Waals surface area contributed by atoms with E-state index in [9.17, 15) is 31.1 Å². The van der Waals surface area contributed by atoms with Crippen LogP contribution in [-0.4, -0.2) is 5.78 Å². The van der Waals surface area contributed by atoms with Crippen molar-refractivity contribution in [3.05, 3.63) is 41.1 Å². The number of carbonyl (C=O) groups is 1. The van der Waals surface area contributed by atoms with E-state index in [-0.39, 0.29) is 6.07 Å². The van der Waals surface area contributed by atoms with Crippen LogP contribution in [0.2, 0.25) is 0 Å². The summed E-state index contributed by atoms with van der Waals surface area (Å²) in [5, 5.41) is 11.1. The van der Waals surface area contributed by atoms with Crippen LogP contribution in [-0.2, 0) is 17.1 Å². The summed E-state index contributed by atoms with van der Waals surface area (Å²) < 4.78 is 76.6. The van der Waals surface area contributed by atoms with Crippen LogP contribution < -0.4 is 5.32 Å². The number of carbonyl (C=O) groups excluding carboxylic acids is 1. The smallest absolute Gasteiger partial charge is 0.360 e. The fourth-order valence-corrected chi connectivity index (χ4v) is 1.75. The number of nitriles is 1. The molecule has 0 aromatic heterocycles. The normalized spacial score (nSPS) is 13.4. The Kier molecular flexibility index (Phi) is 5.57. The number of allylic oxidation sites excluding steroid dienone is 1. The predicted molar refractivity (Wildman–Crippen MR) is 78.2 cm³/mol. The first-order chi connectivity index (χ1) is 11.2. The van der Waals surface area contributed by atoms with Crippen molar-refractivity contribution in [2.75, 3.05) is 5.32 Å². The zero-order valence-electron chi connectivity index (χ0n) is 13.4. The Hall–Kier alpha value is -2.50. The Bertz CT molecular complexity index is 701. The number of nitrogens with zero attached hydrogens (tertiary/aromatic N) is 1. The van der Waals surface area contributed by atoms with Crippen molar-refractivity contribution in [2.45, 2.75) is 33.1 Å². The van der Waals surface area contributed by atoms with Crippen molar-refractivity contribution in [1.29, 1.82) is 5.26 Å². The Morgan fingerprint density at radius 2 is 1.44 bits per heavy atom. The lowest BCUT2D eigenvalue weighted by Crippen LogP contribution is -2.22. The van der Waals surface area contributed by atoms with Crippen molar-refractivity contribution in [3.8, 4) is 6.07 Å². The molecule has 3 nitrogen and oxygen atoms in total. The van der Waals surface area contributed by atoms with Crippen LogP contribution in [0.4, 0.5) is 32.0 Å². The minimum Gasteiger partial charge on any atom is -0.360 e. The molecule has 0 amide bonds. The third-order valence-electron chi connectivity index (χ3n) is 3.02. The van der Waals surface area contributed by atoms with Crippen molar-refractivity contribution in [3.63, 3.8) is 0 Å². The molecular formula is C16H14F6N2O. The quantitative estimate of drug-likeness (QED) is 0.458. The number of Topliss-reactive ketones (excluding diaryl/α,β-unsaturated/α-hetero) is 1. The summed E-state index contributed by atoms with van der Waals surface area (Å²) in [6.45, 7) is 4.56. The van der Waals surface area contributed by atoms with Crippen LogP contribution in [0.5, 0.6) is 0 Å². The van der Waals surface area contributed by atoms with E-state index in [0.29, 0.717) is 12.1 Å². The first kappa shape index (κ1) is 20.5. The van der Waals surface area contributed by atoms with Gasteiger partial charge >= 0.3 is 12.4 Å². The highest BCUT2D eigenvalue weighted by molar-refractivity contribution is 6.02. The largest absolute Gasteiger partial charge is 0.416 e. The van der Waals surface area contributed by atoms with Gasteiger partial charge in [-0.05, 0) is 18.2 Å². The van der Waals surface area contributed by atoms with Crippen molar-refractivity contribution in [2.24, 2.45) is 5.41 Å². The molecule has 1 aromatic rings. The zero-order chi connectivity index (χ0) is 19.6. The minimum atomic E-state index is -4.99. The lowest BCUT2D eigenvalue weighted by molar-refractivity contribution is -0.143. The average Bonchev–Trinajstić information content (AvgIpc) is 2.44. The lowest BCUT2D eigenvalue weighted by Gasteiger charge is -2.16. The molecule has 0 fully saturated rings. The van der Waals surface area contributed by atoms with Gasteiger partial charge in [-0.1, -0.05) is 20.8 Å². The number of hydrogen-bond donors (Lipinski definition) is 1. The highest BCUT2D eigenvalue weighted by Gasteiger charge is 2.37. The Morgan fingerprint density at radius 3 is 1.76 bits per heavy atom. The standard InChI is InChI=1S/C16H14F6N2O/c1-14(2,3)13(25)9(7-23)8-24-12-5-10(15(17,18)19)4-11(6-12)16(20,21)22/h4-6,8,24H,1-3H3. The molecule has 0 aliphatic heterocycles. The van der Waals surface area contributed by atoms with Gasteiger partial charge in [-0.25, -0.2) is 0 Å². The maximum absolute atomic E-state index is 12.8. The molecular weight excluding hydrogens is 350 g/mol. The van der Waals surface area contributed by atoms with Crippen molar-refractivity contribution >= 4 is 11.5 Å². The van der Waals surface area contributed by atoms with E-state index >= 15 is 0 Å². The van der Waals surface area contributed by atoms with E-state index in [1.54, 1.807) is 6.07 Å². The molecule has 0 spiro atoms. The summed E-state index contributed by atoms with van der Waals surface area (Å²) in [5.41, 5.74) is -4.90. The summed E-state index contributed by atoms with van der Waals surface area (Å²) in [5.74, 6) is -0.606. The van der Waals surface area contributed by atoms with Gasteiger partial charge in [-0.2, -0.15) is 31.6 Å². The summed E-state index contributed by atoms with van der Waals surface area (Å²) in [6, 6.07) is 2.48. The highest BCUT2D eigenvalue weighted by Crippen LogP contribution is 2.37. The van der Waals surface area contributed by atoms with Gasteiger partial charge in [0.1, 0.15) is 11.6 Å². The van der Waals surface area contributed by atoms with Gasteiger partial charge in [0.25, 0.3) is 0 Å². The zero-order valence-corrected chi connectivity index (χ0v) is 13.4. The second-order valence-electron chi connectivity index (χ2n) is 6.19. The van der Waals surface area contributed by atoms with Gasteiger partial charge < -0.3 is 5.32 Å². The van der Waals surface area contributed by atoms with E-state index in [1.165, 1.54) is 20.8 Å². The number of ketones is 1. The monoisotopic (exact) mass is 364 g/mol. The first-order valence-corrected chi connectivity index (χ1v) is 6.87. The third kappa shape index (κ3) is 5.52. The number of hydrogen-bond acceptors (Lipinski definition) is 3. The van der Waals surface area contributed by atoms with E-state index in [0.717, 1.165) is 6.20 Å². The fourth-order valence-electron chi connectivity index (χ4n) is 1.75. The third-order valence-corrected chi connectivity index (χ3v) is 3.02. The molecule has 0 aliphatic carbocycles. The van der Waals surface area contributed by atoms with Gasteiger partial charge in [0.15, 0.2) is 5.78 Å². The molecule has 136 valence electrons. The van der Waals surface area contributed by atoms with Crippen molar-refractivity contribution < 1.29 is 31.1 Å². The maximum Gasteiger partial charge on any atom is 0.416 e. The van der Waals surface area contributed by atoms with Crippen molar-refractivity contribution in [1.82, 2.24) is 0 Å². The van der Waals surface area contributed by atoms with Gasteiger partial charge in [-0.3, -0.25) is 4.79 Å². The van der Waals surface area contributed by atoms with E-state index in [1.807, 2.05) is 0 Å². The molecule has 1 rings (SSSR count). The number of alkyl halides is 6. The van der Waals surface area contributed by atoms with Crippen LogP contribution >= 0.6 is 0 Å². The molecule has 0 radical (unpaired) electrons. The molecule has 0 unspecified atom stereocenters. The molecule has 9 heteroatoms. The highest BCUT2D eigenvalue weighted by atomic mass is 19.4. The van der Waals surface area contributed by atoms with Crippen LogP contribution in [0.25, 0.3) is 0 Å². The van der Waals surface area contributed by atoms with Gasteiger partial charge in [0.05, 0.1) is 11.1 Å². The molecule has 0 bridgehead atoms. The second kappa shape index (κ2) is 6.78. The van der Waals surface area contributed by atoms with E-state index < -0.39 is 45.9 Å². The van der Waals surface area contributed by atoms with Crippen LogP contribution in [0, 0.1) is 16.7 Å². The molecule has 0 heterocycles. The summed E-state index contributed by atoms with van der Waals surface area (Å²) in [6.07, 6.45) is -9.18. The number of anilines is 1. The molecule has 25 heavy (non-hydrogen) atoms. The summed E-state index contributed by atoms with van der Waals surface area (Å²) in [7, 11) is 0. The number of rotatable bonds is 3. The Balaban J connectivity index is 3.32. The van der Waals surface area contributed by atoms with Crippen LogP contribution in [0.15, 0.2) is 30.0 Å². The van der Waals surface area contributed by atoms with Crippen LogP contribution in [0.3, 0.4) is 0 Å². The van der Waals surface area contributed by atoms with E-state index in [2.05, 4.69) is 5.32 Å². The molecule has 1 N–H and O–H groups in total. The average molecular weight is 364 g/mol. The van der Waals surface area contributed by atoms with Gasteiger partial charge in [0, 0.05) is 17.3 Å². The maximum atomic E-state index is 12.8. The van der Waals surface area contributed by atoms with E-state index in [4.69, 9.17) is 5.26 Å². The number of halogens is 6. The topological polar surface area (TPSA) is 52.9 Å². The summed E-state index contributed by atoms with van der Waals surface area (Å²) >= 11 is 0. The van der Waals surface area contributed by atoms with Gasteiger partial charge in [-0.15, -0.1) is 0 Å². The van der Waals surface area contributed by atoms with Gasteiger partial charge in [0.2, 0.25) is 0 Å². The number of nitrogens with one attached hydrogen (secondary N) is 1. The summed E-state index contributed by atoms with van der Waals surface area (Å²) in [4.78, 5) is 12.0.